The summed E-state index contributed by atoms with van der Waals surface area (Å²) in [4.78, 5) is 4.39. The van der Waals surface area contributed by atoms with Gasteiger partial charge in [0.15, 0.2) is 5.82 Å². The summed E-state index contributed by atoms with van der Waals surface area (Å²) in [5, 5.41) is 14.8. The van der Waals surface area contributed by atoms with Gasteiger partial charge in [-0.25, -0.2) is 0 Å². The molecule has 0 aliphatic heterocycles. The molecule has 2 N–H and O–H groups in total. The largest absolute Gasteiger partial charge is 0.339 e. The first-order valence-corrected chi connectivity index (χ1v) is 7.69. The zero-order chi connectivity index (χ0) is 16.1. The molecule has 0 radical (unpaired) electrons. The van der Waals surface area contributed by atoms with Crippen LogP contribution in [-0.2, 0) is 6.42 Å². The van der Waals surface area contributed by atoms with Gasteiger partial charge in [0.1, 0.15) is 0 Å². The SMILES string of the molecule is CCc1ccc(Nc2cnnc(Nc3ccccc3Cl)n2)cc1. The minimum Gasteiger partial charge on any atom is -0.339 e. The van der Waals surface area contributed by atoms with E-state index in [-0.39, 0.29) is 0 Å². The van der Waals surface area contributed by atoms with Gasteiger partial charge in [-0.05, 0) is 36.2 Å². The third-order valence-corrected chi connectivity index (χ3v) is 3.64. The Morgan fingerprint density at radius 2 is 1.78 bits per heavy atom. The maximum absolute atomic E-state index is 6.12. The third kappa shape index (κ3) is 3.96. The van der Waals surface area contributed by atoms with Gasteiger partial charge in [0.05, 0.1) is 16.9 Å². The molecule has 0 atom stereocenters. The highest BCUT2D eigenvalue weighted by atomic mass is 35.5. The number of para-hydroxylation sites is 1. The number of aromatic nitrogens is 3. The molecule has 0 spiro atoms. The molecule has 3 aromatic rings. The predicted molar refractivity (Wildman–Crippen MR) is 93.7 cm³/mol. The van der Waals surface area contributed by atoms with Crippen LogP contribution in [-0.4, -0.2) is 15.2 Å². The second kappa shape index (κ2) is 7.07. The molecular weight excluding hydrogens is 310 g/mol. The lowest BCUT2D eigenvalue weighted by molar-refractivity contribution is 0.982. The van der Waals surface area contributed by atoms with E-state index in [9.17, 15) is 0 Å². The lowest BCUT2D eigenvalue weighted by Crippen LogP contribution is -2.02. The summed E-state index contributed by atoms with van der Waals surface area (Å²) >= 11 is 6.12. The summed E-state index contributed by atoms with van der Waals surface area (Å²) in [6.45, 7) is 2.13. The van der Waals surface area contributed by atoms with Gasteiger partial charge in [-0.1, -0.05) is 42.8 Å². The number of aryl methyl sites for hydroxylation is 1. The van der Waals surface area contributed by atoms with E-state index in [1.165, 1.54) is 5.56 Å². The zero-order valence-electron chi connectivity index (χ0n) is 12.6. The number of nitrogens with zero attached hydrogens (tertiary/aromatic N) is 3. The molecule has 0 aliphatic carbocycles. The Hall–Kier alpha value is -2.66. The molecule has 2 aromatic carbocycles. The molecule has 116 valence electrons. The van der Waals surface area contributed by atoms with E-state index < -0.39 is 0 Å². The second-order valence-electron chi connectivity index (χ2n) is 4.95. The van der Waals surface area contributed by atoms with Crippen molar-refractivity contribution in [2.45, 2.75) is 13.3 Å². The van der Waals surface area contributed by atoms with Gasteiger partial charge in [-0.2, -0.15) is 10.1 Å². The van der Waals surface area contributed by atoms with Crippen LogP contribution in [0.3, 0.4) is 0 Å². The lowest BCUT2D eigenvalue weighted by Gasteiger charge is -2.09. The van der Waals surface area contributed by atoms with Crippen molar-refractivity contribution >= 4 is 34.7 Å². The molecule has 23 heavy (non-hydrogen) atoms. The Morgan fingerprint density at radius 3 is 2.52 bits per heavy atom. The molecule has 0 unspecified atom stereocenters. The molecule has 0 amide bonds. The fraction of sp³-hybridized carbons (Fsp3) is 0.118. The average Bonchev–Trinajstić information content (AvgIpc) is 2.58. The molecule has 3 rings (SSSR count). The summed E-state index contributed by atoms with van der Waals surface area (Å²) in [6, 6.07) is 15.6. The first-order valence-electron chi connectivity index (χ1n) is 7.32. The zero-order valence-corrected chi connectivity index (χ0v) is 13.4. The van der Waals surface area contributed by atoms with Gasteiger partial charge in [0, 0.05) is 5.69 Å². The summed E-state index contributed by atoms with van der Waals surface area (Å²) < 4.78 is 0. The van der Waals surface area contributed by atoms with Gasteiger partial charge in [-0.3, -0.25) is 0 Å². The summed E-state index contributed by atoms with van der Waals surface area (Å²) in [5.74, 6) is 0.993. The minimum atomic E-state index is 0.383. The fourth-order valence-electron chi connectivity index (χ4n) is 2.07. The minimum absolute atomic E-state index is 0.383. The van der Waals surface area contributed by atoms with Crippen LogP contribution in [0.15, 0.2) is 54.7 Å². The Labute approximate surface area is 139 Å². The fourth-order valence-corrected chi connectivity index (χ4v) is 2.25. The average molecular weight is 326 g/mol. The number of halogens is 1. The third-order valence-electron chi connectivity index (χ3n) is 3.31. The number of benzene rings is 2. The van der Waals surface area contributed by atoms with Crippen LogP contribution in [0.4, 0.5) is 23.1 Å². The molecule has 0 fully saturated rings. The molecule has 0 aliphatic rings. The van der Waals surface area contributed by atoms with Crippen molar-refractivity contribution in [3.63, 3.8) is 0 Å². The summed E-state index contributed by atoms with van der Waals surface area (Å²) in [7, 11) is 0. The molecular formula is C17H16ClN5. The van der Waals surface area contributed by atoms with Gasteiger partial charge in [-0.15, -0.1) is 5.10 Å². The van der Waals surface area contributed by atoms with E-state index >= 15 is 0 Å². The maximum atomic E-state index is 6.12. The van der Waals surface area contributed by atoms with Crippen molar-refractivity contribution < 1.29 is 0 Å². The topological polar surface area (TPSA) is 62.7 Å². The van der Waals surface area contributed by atoms with E-state index in [0.717, 1.165) is 17.8 Å². The molecule has 5 nitrogen and oxygen atoms in total. The number of anilines is 4. The number of hydrogen-bond acceptors (Lipinski definition) is 5. The molecule has 0 saturated carbocycles. The molecule has 1 heterocycles. The van der Waals surface area contributed by atoms with E-state index in [1.54, 1.807) is 12.3 Å². The van der Waals surface area contributed by atoms with Crippen LogP contribution in [0.2, 0.25) is 5.02 Å². The normalized spacial score (nSPS) is 10.3. The molecule has 0 bridgehead atoms. The maximum Gasteiger partial charge on any atom is 0.249 e. The number of rotatable bonds is 5. The van der Waals surface area contributed by atoms with Crippen LogP contribution in [0.1, 0.15) is 12.5 Å². The van der Waals surface area contributed by atoms with Gasteiger partial charge in [0.25, 0.3) is 0 Å². The van der Waals surface area contributed by atoms with E-state index in [2.05, 4.69) is 44.9 Å². The van der Waals surface area contributed by atoms with Crippen molar-refractivity contribution in [3.8, 4) is 0 Å². The second-order valence-corrected chi connectivity index (χ2v) is 5.35. The van der Waals surface area contributed by atoms with Crippen molar-refractivity contribution in [1.82, 2.24) is 15.2 Å². The van der Waals surface area contributed by atoms with E-state index in [0.29, 0.717) is 16.8 Å². The highest BCUT2D eigenvalue weighted by Crippen LogP contribution is 2.23. The standard InChI is InChI=1S/C17H16ClN5/c1-2-12-7-9-13(10-8-12)20-16-11-19-23-17(22-16)21-15-6-4-3-5-14(15)18/h3-11H,2H2,1H3,(H2,20,21,22,23). The number of hydrogen-bond donors (Lipinski definition) is 2. The smallest absolute Gasteiger partial charge is 0.249 e. The Bertz CT molecular complexity index is 789. The summed E-state index contributed by atoms with van der Waals surface area (Å²) in [6.07, 6.45) is 2.59. The quantitative estimate of drug-likeness (QED) is 0.719. The Kier molecular flexibility index (Phi) is 4.68. The van der Waals surface area contributed by atoms with Gasteiger partial charge >= 0.3 is 0 Å². The Balaban J connectivity index is 1.75. The number of nitrogens with one attached hydrogen (secondary N) is 2. The van der Waals surface area contributed by atoms with Crippen molar-refractivity contribution in [3.05, 3.63) is 65.3 Å². The van der Waals surface area contributed by atoms with Crippen LogP contribution in [0.25, 0.3) is 0 Å². The van der Waals surface area contributed by atoms with Crippen LogP contribution >= 0.6 is 11.6 Å². The van der Waals surface area contributed by atoms with E-state index in [1.807, 2.05) is 30.3 Å². The first-order chi connectivity index (χ1) is 11.2. The van der Waals surface area contributed by atoms with Gasteiger partial charge in [0.2, 0.25) is 5.95 Å². The molecule has 0 saturated heterocycles. The Morgan fingerprint density at radius 1 is 1.00 bits per heavy atom. The lowest BCUT2D eigenvalue weighted by atomic mass is 10.1. The van der Waals surface area contributed by atoms with Crippen molar-refractivity contribution in [2.75, 3.05) is 10.6 Å². The molecule has 1 aromatic heterocycles. The first kappa shape index (κ1) is 15.2. The van der Waals surface area contributed by atoms with Crippen LogP contribution in [0, 0.1) is 0 Å². The monoisotopic (exact) mass is 325 g/mol. The predicted octanol–water partition coefficient (Wildman–Crippen LogP) is 4.57. The van der Waals surface area contributed by atoms with Crippen molar-refractivity contribution in [1.29, 1.82) is 0 Å². The highest BCUT2D eigenvalue weighted by molar-refractivity contribution is 6.33. The van der Waals surface area contributed by atoms with Crippen molar-refractivity contribution in [2.24, 2.45) is 0 Å². The molecule has 6 heteroatoms. The van der Waals surface area contributed by atoms with E-state index in [4.69, 9.17) is 11.6 Å². The van der Waals surface area contributed by atoms with Crippen LogP contribution < -0.4 is 10.6 Å². The summed E-state index contributed by atoms with van der Waals surface area (Å²) in [5.41, 5.74) is 2.98. The highest BCUT2D eigenvalue weighted by Gasteiger charge is 2.04. The van der Waals surface area contributed by atoms with Crippen LogP contribution in [0.5, 0.6) is 0 Å². The van der Waals surface area contributed by atoms with Gasteiger partial charge < -0.3 is 10.6 Å².